The SMILES string of the molecule is CC/C=C\C/C=C\C/C=C\C/C=C\C/C=C\CCCC(=O)OC(CCCCC)CCCCCCCCCCCCCC(=O)O. The molecule has 4 nitrogen and oxygen atoms in total. The van der Waals surface area contributed by atoms with Crippen LogP contribution in [-0.2, 0) is 14.3 Å². The minimum atomic E-state index is -0.677. The van der Waals surface area contributed by atoms with E-state index in [-0.39, 0.29) is 12.1 Å². The molecule has 0 bridgehead atoms. The van der Waals surface area contributed by atoms with Crippen molar-refractivity contribution < 1.29 is 19.4 Å². The van der Waals surface area contributed by atoms with Gasteiger partial charge in [-0.15, -0.1) is 0 Å². The van der Waals surface area contributed by atoms with Gasteiger partial charge in [0.1, 0.15) is 6.10 Å². The largest absolute Gasteiger partial charge is 0.481 e. The van der Waals surface area contributed by atoms with Gasteiger partial charge in [0.15, 0.2) is 0 Å². The predicted octanol–water partition coefficient (Wildman–Crippen LogP) is 12.6. The lowest BCUT2D eigenvalue weighted by molar-refractivity contribution is -0.150. The monoisotopic (exact) mass is 613 g/mol. The molecule has 0 spiro atoms. The van der Waals surface area contributed by atoms with Crippen LogP contribution in [0.4, 0.5) is 0 Å². The number of hydrogen-bond acceptors (Lipinski definition) is 3. The van der Waals surface area contributed by atoms with Gasteiger partial charge in [-0.25, -0.2) is 0 Å². The molecule has 0 aromatic carbocycles. The Bertz CT molecular complexity index is 789. The summed E-state index contributed by atoms with van der Waals surface area (Å²) in [5.41, 5.74) is 0. The number of allylic oxidation sites excluding steroid dienone is 10. The summed E-state index contributed by atoms with van der Waals surface area (Å²) in [6, 6.07) is 0. The summed E-state index contributed by atoms with van der Waals surface area (Å²) in [4.78, 5) is 23.0. The molecule has 1 N–H and O–H groups in total. The quantitative estimate of drug-likeness (QED) is 0.0466. The third-order valence-corrected chi connectivity index (χ3v) is 7.75. The minimum absolute atomic E-state index is 0.0261. The molecule has 0 aromatic rings. The highest BCUT2D eigenvalue weighted by molar-refractivity contribution is 5.69. The molecule has 0 aliphatic rings. The van der Waals surface area contributed by atoms with Crippen LogP contribution in [0, 0.1) is 0 Å². The molecule has 0 aliphatic carbocycles. The highest BCUT2D eigenvalue weighted by atomic mass is 16.5. The average Bonchev–Trinajstić information content (AvgIpc) is 3.00. The Morgan fingerprint density at radius 1 is 0.523 bits per heavy atom. The van der Waals surface area contributed by atoms with E-state index in [0.29, 0.717) is 12.8 Å². The van der Waals surface area contributed by atoms with Crippen LogP contribution in [-0.4, -0.2) is 23.1 Å². The second kappa shape index (κ2) is 35.1. The third-order valence-electron chi connectivity index (χ3n) is 7.75. The van der Waals surface area contributed by atoms with E-state index in [1.54, 1.807) is 0 Å². The Kier molecular flexibility index (Phi) is 33.2. The maximum atomic E-state index is 12.5. The molecule has 0 amide bonds. The molecule has 0 heterocycles. The lowest BCUT2D eigenvalue weighted by Gasteiger charge is -2.18. The lowest BCUT2D eigenvalue weighted by atomic mass is 10.0. The first kappa shape index (κ1) is 41.6. The molecule has 0 fully saturated rings. The fourth-order valence-corrected chi connectivity index (χ4v) is 5.10. The summed E-state index contributed by atoms with van der Waals surface area (Å²) in [6.07, 6.45) is 48.4. The van der Waals surface area contributed by atoms with Gasteiger partial charge < -0.3 is 9.84 Å². The van der Waals surface area contributed by atoms with E-state index in [1.165, 1.54) is 57.8 Å². The van der Waals surface area contributed by atoms with Crippen LogP contribution in [0.15, 0.2) is 60.8 Å². The summed E-state index contributed by atoms with van der Waals surface area (Å²) < 4.78 is 5.92. The number of rotatable bonds is 32. The number of carbonyl (C=O) groups excluding carboxylic acids is 1. The van der Waals surface area contributed by atoms with E-state index in [9.17, 15) is 9.59 Å². The highest BCUT2D eigenvalue weighted by Gasteiger charge is 2.14. The zero-order valence-corrected chi connectivity index (χ0v) is 28.7. The van der Waals surface area contributed by atoms with E-state index < -0.39 is 5.97 Å². The zero-order chi connectivity index (χ0) is 32.2. The van der Waals surface area contributed by atoms with Crippen LogP contribution in [0.1, 0.15) is 174 Å². The van der Waals surface area contributed by atoms with E-state index in [1.807, 2.05) is 0 Å². The molecule has 0 saturated carbocycles. The van der Waals surface area contributed by atoms with Crippen LogP contribution >= 0.6 is 0 Å². The summed E-state index contributed by atoms with van der Waals surface area (Å²) in [5.74, 6) is -0.703. The highest BCUT2D eigenvalue weighted by Crippen LogP contribution is 2.18. The number of hydrogen-bond donors (Lipinski definition) is 1. The first-order valence-corrected chi connectivity index (χ1v) is 18.3. The molecule has 0 aliphatic heterocycles. The van der Waals surface area contributed by atoms with E-state index in [0.717, 1.165) is 89.9 Å². The summed E-state index contributed by atoms with van der Waals surface area (Å²) >= 11 is 0. The van der Waals surface area contributed by atoms with Gasteiger partial charge in [-0.2, -0.15) is 0 Å². The normalized spacial score (nSPS) is 13.0. The van der Waals surface area contributed by atoms with Gasteiger partial charge in [0, 0.05) is 12.8 Å². The van der Waals surface area contributed by atoms with Crippen LogP contribution < -0.4 is 0 Å². The van der Waals surface area contributed by atoms with E-state index >= 15 is 0 Å². The van der Waals surface area contributed by atoms with Crippen molar-refractivity contribution in [2.24, 2.45) is 0 Å². The molecule has 1 atom stereocenters. The van der Waals surface area contributed by atoms with Gasteiger partial charge in [0.25, 0.3) is 0 Å². The van der Waals surface area contributed by atoms with Crippen molar-refractivity contribution in [1.29, 1.82) is 0 Å². The molecular formula is C40H68O4. The summed E-state index contributed by atoms with van der Waals surface area (Å²) in [6.45, 7) is 4.37. The smallest absolute Gasteiger partial charge is 0.306 e. The van der Waals surface area contributed by atoms with Crippen molar-refractivity contribution in [3.63, 3.8) is 0 Å². The fraction of sp³-hybridized carbons (Fsp3) is 0.700. The average molecular weight is 613 g/mol. The Morgan fingerprint density at radius 3 is 1.43 bits per heavy atom. The molecular weight excluding hydrogens is 544 g/mol. The van der Waals surface area contributed by atoms with Gasteiger partial charge in [-0.1, -0.05) is 145 Å². The van der Waals surface area contributed by atoms with Crippen molar-refractivity contribution in [2.45, 2.75) is 180 Å². The van der Waals surface area contributed by atoms with Gasteiger partial charge in [0.2, 0.25) is 0 Å². The Morgan fingerprint density at radius 2 is 0.955 bits per heavy atom. The maximum Gasteiger partial charge on any atom is 0.306 e. The van der Waals surface area contributed by atoms with Crippen molar-refractivity contribution in [2.75, 3.05) is 0 Å². The molecule has 0 radical (unpaired) electrons. The first-order chi connectivity index (χ1) is 21.6. The summed E-state index contributed by atoms with van der Waals surface area (Å²) in [5, 5.41) is 8.68. The van der Waals surface area contributed by atoms with Crippen molar-refractivity contribution in [1.82, 2.24) is 0 Å². The second-order valence-corrected chi connectivity index (χ2v) is 12.0. The molecule has 0 saturated heterocycles. The van der Waals surface area contributed by atoms with Gasteiger partial charge in [0.05, 0.1) is 0 Å². The van der Waals surface area contributed by atoms with Crippen molar-refractivity contribution in [3.8, 4) is 0 Å². The lowest BCUT2D eigenvalue weighted by Crippen LogP contribution is -2.18. The third kappa shape index (κ3) is 34.1. The Balaban J connectivity index is 3.89. The molecule has 0 rings (SSSR count). The number of ether oxygens (including phenoxy) is 1. The number of carboxylic acids is 1. The number of esters is 1. The van der Waals surface area contributed by atoms with Crippen molar-refractivity contribution in [3.05, 3.63) is 60.8 Å². The maximum absolute atomic E-state index is 12.5. The van der Waals surface area contributed by atoms with Gasteiger partial charge in [-0.3, -0.25) is 9.59 Å². The van der Waals surface area contributed by atoms with E-state index in [2.05, 4.69) is 74.6 Å². The molecule has 44 heavy (non-hydrogen) atoms. The number of aliphatic carboxylic acids is 1. The van der Waals surface area contributed by atoms with Crippen LogP contribution in [0.25, 0.3) is 0 Å². The topological polar surface area (TPSA) is 63.6 Å². The van der Waals surface area contributed by atoms with Crippen LogP contribution in [0.5, 0.6) is 0 Å². The minimum Gasteiger partial charge on any atom is -0.481 e. The molecule has 1 unspecified atom stereocenters. The Hall–Kier alpha value is -2.36. The van der Waals surface area contributed by atoms with Gasteiger partial charge >= 0.3 is 11.9 Å². The molecule has 4 heteroatoms. The zero-order valence-electron chi connectivity index (χ0n) is 28.7. The van der Waals surface area contributed by atoms with Crippen LogP contribution in [0.3, 0.4) is 0 Å². The number of carbonyl (C=O) groups is 2. The second-order valence-electron chi connectivity index (χ2n) is 12.0. The predicted molar refractivity (Wildman–Crippen MR) is 190 cm³/mol. The first-order valence-electron chi connectivity index (χ1n) is 18.3. The Labute approximate surface area is 272 Å². The number of carboxylic acid groups (broad SMARTS) is 1. The fourth-order valence-electron chi connectivity index (χ4n) is 5.10. The standard InChI is InChI=1S/C40H68O4/c1-3-5-7-8-9-10-11-12-13-14-15-16-20-23-26-29-33-37-40(43)44-38(34-30-6-4-2)35-31-27-24-21-18-17-19-22-25-28-32-36-39(41)42/h5,7,9-10,12-13,15-16,23,26,38H,3-4,6,8,11,14,17-22,24-25,27-37H2,1-2H3,(H,41,42)/b7-5-,10-9-,13-12-,16-15-,26-23-. The van der Waals surface area contributed by atoms with Gasteiger partial charge in [-0.05, 0) is 77.0 Å². The molecule has 0 aromatic heterocycles. The summed E-state index contributed by atoms with van der Waals surface area (Å²) in [7, 11) is 0. The van der Waals surface area contributed by atoms with Crippen molar-refractivity contribution >= 4 is 11.9 Å². The molecule has 252 valence electrons. The number of unbranched alkanes of at least 4 members (excludes halogenated alkanes) is 13. The van der Waals surface area contributed by atoms with E-state index in [4.69, 9.17) is 9.84 Å². The van der Waals surface area contributed by atoms with Crippen LogP contribution in [0.2, 0.25) is 0 Å².